The van der Waals surface area contributed by atoms with Crippen molar-refractivity contribution < 1.29 is 69.5 Å². The molecule has 0 fully saturated rings. The summed E-state index contributed by atoms with van der Waals surface area (Å²) in [6, 6.07) is 0. The Labute approximate surface area is 173 Å². The second kappa shape index (κ2) is 16.4. The van der Waals surface area contributed by atoms with Crippen LogP contribution in [0.3, 0.4) is 0 Å². The van der Waals surface area contributed by atoms with Crippen LogP contribution in [0, 0.1) is 0 Å². The molecule has 0 rings (SSSR count). The summed E-state index contributed by atoms with van der Waals surface area (Å²) < 4.78 is 33.7. The number of aliphatic hydroxyl groups excluding tert-OH is 1. The summed E-state index contributed by atoms with van der Waals surface area (Å²) in [5, 5.41) is 7.96. The summed E-state index contributed by atoms with van der Waals surface area (Å²) in [6.45, 7) is 2.35. The smallest absolute Gasteiger partial charge is 0.748 e. The van der Waals surface area contributed by atoms with Crippen molar-refractivity contribution in [1.82, 2.24) is 0 Å². The minimum atomic E-state index is -4.15. The molecule has 0 amide bonds. The van der Waals surface area contributed by atoms with Gasteiger partial charge >= 0.3 is 51.4 Å². The topological polar surface area (TPSA) is 77.4 Å². The molecule has 0 spiro atoms. The van der Waals surface area contributed by atoms with Crippen LogP contribution in [0.4, 0.5) is 0 Å². The van der Waals surface area contributed by atoms with Gasteiger partial charge in [0.25, 0.3) is 0 Å². The van der Waals surface area contributed by atoms with E-state index >= 15 is 0 Å². The Balaban J connectivity index is 0. The molecule has 0 aliphatic carbocycles. The number of unbranched alkanes of at least 4 members (excludes halogenated alkanes) is 8. The van der Waals surface area contributed by atoms with Gasteiger partial charge in [-0.25, -0.2) is 8.42 Å². The third-order valence-electron chi connectivity index (χ3n) is 3.72. The Bertz CT molecular complexity index is 307. The zero-order valence-corrected chi connectivity index (χ0v) is 17.8. The fourth-order valence-corrected chi connectivity index (χ4v) is 3.33. The molecule has 0 saturated carbocycles. The van der Waals surface area contributed by atoms with E-state index in [4.69, 9.17) is 5.11 Å². The van der Waals surface area contributed by atoms with Gasteiger partial charge in [-0.3, -0.25) is 0 Å². The van der Waals surface area contributed by atoms with Crippen LogP contribution in [0.5, 0.6) is 0 Å². The van der Waals surface area contributed by atoms with Crippen LogP contribution in [0.2, 0.25) is 0 Å². The van der Waals surface area contributed by atoms with Crippen molar-refractivity contribution in [3.63, 3.8) is 0 Å². The van der Waals surface area contributed by atoms with Gasteiger partial charge in [0.1, 0.15) is 0 Å². The predicted octanol–water partition coefficient (Wildman–Crippen LogP) is 0.598. The fourth-order valence-electron chi connectivity index (χ4n) is 2.42. The van der Waals surface area contributed by atoms with Crippen molar-refractivity contribution in [2.24, 2.45) is 0 Å². The van der Waals surface area contributed by atoms with E-state index in [9.17, 15) is 13.0 Å². The second-order valence-electron chi connectivity index (χ2n) is 5.60. The van der Waals surface area contributed by atoms with Crippen molar-refractivity contribution in [2.45, 2.75) is 89.2 Å². The Hall–Kier alpha value is 1.51. The van der Waals surface area contributed by atoms with Gasteiger partial charge in [-0.05, 0) is 19.3 Å². The SMILES string of the molecule is CCCCCCCCC(CCCCCCO)S(=O)(=O)[O-].[K+]. The van der Waals surface area contributed by atoms with Crippen LogP contribution < -0.4 is 51.4 Å². The molecule has 4 nitrogen and oxygen atoms in total. The molecule has 0 bridgehead atoms. The van der Waals surface area contributed by atoms with Crippen LogP contribution >= 0.6 is 0 Å². The van der Waals surface area contributed by atoms with E-state index in [2.05, 4.69) is 6.92 Å². The average Bonchev–Trinajstić information content (AvgIpc) is 2.38. The number of rotatable bonds is 14. The summed E-state index contributed by atoms with van der Waals surface area (Å²) in [7, 11) is -4.15. The molecule has 0 aromatic rings. The molecule has 0 aromatic carbocycles. The van der Waals surface area contributed by atoms with Gasteiger partial charge in [-0.15, -0.1) is 0 Å². The molecule has 0 saturated heterocycles. The molecular formula is C15H31KO4S. The minimum Gasteiger partial charge on any atom is -0.748 e. The molecule has 1 N–H and O–H groups in total. The Morgan fingerprint density at radius 1 is 0.857 bits per heavy atom. The van der Waals surface area contributed by atoms with Gasteiger partial charge in [0, 0.05) is 11.9 Å². The van der Waals surface area contributed by atoms with Gasteiger partial charge in [0.05, 0.1) is 10.1 Å². The van der Waals surface area contributed by atoms with Crippen molar-refractivity contribution in [3.8, 4) is 0 Å². The first-order chi connectivity index (χ1) is 9.52. The first-order valence-electron chi connectivity index (χ1n) is 8.08. The van der Waals surface area contributed by atoms with Gasteiger partial charge in [-0.2, -0.15) is 0 Å². The van der Waals surface area contributed by atoms with E-state index in [1.54, 1.807) is 0 Å². The van der Waals surface area contributed by atoms with E-state index in [-0.39, 0.29) is 58.0 Å². The van der Waals surface area contributed by atoms with Crippen molar-refractivity contribution in [3.05, 3.63) is 0 Å². The maximum atomic E-state index is 11.2. The largest absolute Gasteiger partial charge is 1.00 e. The van der Waals surface area contributed by atoms with Gasteiger partial charge in [0.2, 0.25) is 0 Å². The number of hydrogen-bond donors (Lipinski definition) is 1. The van der Waals surface area contributed by atoms with E-state index in [1.165, 1.54) is 19.3 Å². The van der Waals surface area contributed by atoms with Crippen LogP contribution in [-0.2, 0) is 10.1 Å². The molecule has 122 valence electrons. The molecule has 6 heteroatoms. The summed E-state index contributed by atoms with van der Waals surface area (Å²) in [5.74, 6) is 0. The molecular weight excluding hydrogens is 315 g/mol. The third kappa shape index (κ3) is 16.2. The first kappa shape index (κ1) is 24.8. The Morgan fingerprint density at radius 3 is 1.71 bits per heavy atom. The molecule has 1 unspecified atom stereocenters. The van der Waals surface area contributed by atoms with Crippen molar-refractivity contribution in [1.29, 1.82) is 0 Å². The molecule has 21 heavy (non-hydrogen) atoms. The number of aliphatic hydroxyl groups is 1. The predicted molar refractivity (Wildman–Crippen MR) is 81.6 cm³/mol. The summed E-state index contributed by atoms with van der Waals surface area (Å²) >= 11 is 0. The van der Waals surface area contributed by atoms with Gasteiger partial charge in [-0.1, -0.05) is 64.7 Å². The molecule has 0 aliphatic heterocycles. The van der Waals surface area contributed by atoms with Crippen molar-refractivity contribution >= 4 is 10.1 Å². The number of hydrogen-bond acceptors (Lipinski definition) is 4. The third-order valence-corrected chi connectivity index (χ3v) is 5.01. The van der Waals surface area contributed by atoms with Crippen LogP contribution in [0.15, 0.2) is 0 Å². The summed E-state index contributed by atoms with van der Waals surface area (Å²) in [6.07, 6.45) is 10.9. The van der Waals surface area contributed by atoms with Crippen LogP contribution in [-0.4, -0.2) is 29.9 Å². The maximum absolute atomic E-state index is 11.2. The Kier molecular flexibility index (Phi) is 19.3. The first-order valence-corrected chi connectivity index (χ1v) is 9.55. The van der Waals surface area contributed by atoms with Gasteiger partial charge < -0.3 is 9.66 Å². The molecule has 0 aliphatic rings. The van der Waals surface area contributed by atoms with E-state index in [0.29, 0.717) is 12.8 Å². The summed E-state index contributed by atoms with van der Waals surface area (Å²) in [4.78, 5) is 0. The maximum Gasteiger partial charge on any atom is 1.00 e. The standard InChI is InChI=1S/C15H32O4S.K/c1-2-3-4-5-6-9-12-15(20(17,18)19)13-10-7-8-11-14-16;/h15-16H,2-14H2,1H3,(H,17,18,19);/q;+1/p-1. The van der Waals surface area contributed by atoms with Crippen molar-refractivity contribution in [2.75, 3.05) is 6.61 Å². The fraction of sp³-hybridized carbons (Fsp3) is 1.00. The van der Waals surface area contributed by atoms with E-state index < -0.39 is 15.4 Å². The molecule has 0 heterocycles. The zero-order chi connectivity index (χ0) is 15.3. The normalized spacial score (nSPS) is 12.9. The monoisotopic (exact) mass is 346 g/mol. The quantitative estimate of drug-likeness (QED) is 0.284. The van der Waals surface area contributed by atoms with Crippen LogP contribution in [0.1, 0.15) is 84.0 Å². The van der Waals surface area contributed by atoms with E-state index in [0.717, 1.165) is 44.9 Å². The zero-order valence-electron chi connectivity index (χ0n) is 13.8. The van der Waals surface area contributed by atoms with Crippen LogP contribution in [0.25, 0.3) is 0 Å². The van der Waals surface area contributed by atoms with E-state index in [1.807, 2.05) is 0 Å². The summed E-state index contributed by atoms with van der Waals surface area (Å²) in [5.41, 5.74) is 0. The van der Waals surface area contributed by atoms with Gasteiger partial charge in [0.15, 0.2) is 0 Å². The molecule has 0 aromatic heterocycles. The molecule has 0 radical (unpaired) electrons. The molecule has 1 atom stereocenters. The Morgan fingerprint density at radius 2 is 1.29 bits per heavy atom. The minimum absolute atomic E-state index is 0. The average molecular weight is 347 g/mol. The second-order valence-corrected chi connectivity index (χ2v) is 7.25.